The molecule has 332 valence electrons. The highest BCUT2D eigenvalue weighted by Gasteiger charge is 2.33. The third-order valence-electron chi connectivity index (χ3n) is 8.17. The van der Waals surface area contributed by atoms with Gasteiger partial charge in [-0.15, -0.1) is 0 Å². The standard InChI is InChI=1S/C33H27ClN8O16S5/c34-31-38-32(36-20-4-1-5-23(14-20)59(44,45)12-11-58-63(55,56)57)40-33(39-31)37-22-9-10-27(61(49,50)51)26(17-22)41-42-29-28(62(52,53)54)13-18-7-8-21(16-25(18)30(29)43)35-19-3-2-6-24(15-19)60(46,47)48/h1-10,13-17,35,41H,11-12H2,(H,46,47,48)(H,49,50,51)(H,52,53,54)(H,55,56,57)(H2,36,37,38,39,40)/b42-29+. The molecule has 0 saturated carbocycles. The number of hydrazone groups is 1. The molecule has 0 atom stereocenters. The lowest BCUT2D eigenvalue weighted by atomic mass is 9.94. The van der Waals surface area contributed by atoms with E-state index in [1.165, 1.54) is 48.5 Å². The van der Waals surface area contributed by atoms with E-state index in [0.29, 0.717) is 0 Å². The maximum Gasteiger partial charge on any atom is 0.397 e. The predicted molar refractivity (Wildman–Crippen MR) is 225 cm³/mol. The van der Waals surface area contributed by atoms with E-state index in [-0.39, 0.29) is 50.7 Å². The Balaban J connectivity index is 1.27. The highest BCUT2D eigenvalue weighted by molar-refractivity contribution is 7.91. The topological polar surface area (TPSA) is 377 Å². The molecule has 63 heavy (non-hydrogen) atoms. The molecule has 1 aliphatic rings. The van der Waals surface area contributed by atoms with Gasteiger partial charge in [0.05, 0.1) is 27.8 Å². The SMILES string of the molecule is O=C1/C(=N/Nc2cc(Nc3nc(Cl)nc(Nc4cccc(S(=O)(=O)CCOS(=O)(=O)O)c4)n3)ccc2S(=O)(=O)O)C(S(=O)(=O)O)=Cc2ccc(Nc3cccc(S(=O)(=O)O)c3)cc21. The van der Waals surface area contributed by atoms with Crippen LogP contribution in [0.4, 0.5) is 40.3 Å². The molecule has 4 aromatic carbocycles. The number of nitrogens with zero attached hydrogens (tertiary/aromatic N) is 4. The molecule has 1 aromatic heterocycles. The van der Waals surface area contributed by atoms with Gasteiger partial charge in [-0.05, 0) is 90.0 Å². The molecule has 8 N–H and O–H groups in total. The van der Waals surface area contributed by atoms with Gasteiger partial charge < -0.3 is 16.0 Å². The number of benzene rings is 4. The second-order valence-electron chi connectivity index (χ2n) is 12.6. The van der Waals surface area contributed by atoms with Gasteiger partial charge in [0.1, 0.15) is 9.80 Å². The molecule has 0 spiro atoms. The number of anilines is 7. The second kappa shape index (κ2) is 17.6. The van der Waals surface area contributed by atoms with Crippen LogP contribution < -0.4 is 21.4 Å². The molecule has 0 amide bonds. The molecule has 0 radical (unpaired) electrons. The van der Waals surface area contributed by atoms with E-state index in [1.54, 1.807) is 0 Å². The summed E-state index contributed by atoms with van der Waals surface area (Å²) >= 11 is 6.10. The van der Waals surface area contributed by atoms with Gasteiger partial charge in [0.15, 0.2) is 15.5 Å². The van der Waals surface area contributed by atoms with Crippen molar-refractivity contribution in [2.45, 2.75) is 14.7 Å². The molecule has 0 aliphatic heterocycles. The Kier molecular flexibility index (Phi) is 13.0. The maximum atomic E-state index is 13.8. The van der Waals surface area contributed by atoms with E-state index in [1.807, 2.05) is 0 Å². The number of rotatable bonds is 16. The minimum Gasteiger partial charge on any atom is -0.355 e. The number of sulfone groups is 1. The van der Waals surface area contributed by atoms with Crippen molar-refractivity contribution < 1.29 is 69.3 Å². The van der Waals surface area contributed by atoms with Crippen LogP contribution in [0.5, 0.6) is 0 Å². The number of ketones is 1. The molecule has 1 heterocycles. The van der Waals surface area contributed by atoms with Crippen molar-refractivity contribution in [1.82, 2.24) is 15.0 Å². The first-order valence-corrected chi connectivity index (χ1v) is 24.6. The fourth-order valence-corrected chi connectivity index (χ4v) is 9.00. The average Bonchev–Trinajstić information content (AvgIpc) is 3.16. The lowest BCUT2D eigenvalue weighted by Crippen LogP contribution is -2.27. The number of halogens is 1. The van der Waals surface area contributed by atoms with Crippen molar-refractivity contribution in [2.75, 3.05) is 33.7 Å². The Hall–Kier alpha value is -5.99. The molecule has 30 heteroatoms. The summed E-state index contributed by atoms with van der Waals surface area (Å²) in [7, 11) is -23.8. The maximum absolute atomic E-state index is 13.8. The molecule has 5 aromatic rings. The van der Waals surface area contributed by atoms with E-state index in [9.17, 15) is 60.5 Å². The zero-order valence-electron chi connectivity index (χ0n) is 31.0. The van der Waals surface area contributed by atoms with Crippen LogP contribution in [0.25, 0.3) is 6.08 Å². The minimum atomic E-state index is -5.18. The summed E-state index contributed by atoms with van der Waals surface area (Å²) in [6, 6.07) is 17.0. The van der Waals surface area contributed by atoms with Gasteiger partial charge in [0.2, 0.25) is 23.0 Å². The third kappa shape index (κ3) is 11.9. The number of carbonyl (C=O) groups excluding carboxylic acids is 1. The monoisotopic (exact) mass is 986 g/mol. The molecule has 0 fully saturated rings. The van der Waals surface area contributed by atoms with Crippen molar-refractivity contribution in [3.8, 4) is 0 Å². The predicted octanol–water partition coefficient (Wildman–Crippen LogP) is 3.74. The number of carbonyl (C=O) groups is 1. The molecule has 0 bridgehead atoms. The van der Waals surface area contributed by atoms with Crippen molar-refractivity contribution in [2.24, 2.45) is 5.10 Å². The third-order valence-corrected chi connectivity index (χ3v) is 13.1. The Labute approximate surface area is 362 Å². The van der Waals surface area contributed by atoms with Crippen molar-refractivity contribution >= 4 is 120 Å². The van der Waals surface area contributed by atoms with E-state index < -0.39 is 100 Å². The summed E-state index contributed by atoms with van der Waals surface area (Å²) in [6.45, 7) is -0.871. The van der Waals surface area contributed by atoms with Crippen LogP contribution in [0.3, 0.4) is 0 Å². The number of aromatic nitrogens is 3. The average molecular weight is 987 g/mol. The number of fused-ring (bicyclic) bond motifs is 1. The summed E-state index contributed by atoms with van der Waals surface area (Å²) < 4.78 is 162. The first-order valence-electron chi connectivity index (χ1n) is 16.8. The van der Waals surface area contributed by atoms with Crippen LogP contribution in [-0.2, 0) is 54.8 Å². The highest BCUT2D eigenvalue weighted by Crippen LogP contribution is 2.32. The molecule has 1 aliphatic carbocycles. The van der Waals surface area contributed by atoms with Gasteiger partial charge in [0.25, 0.3) is 30.4 Å². The second-order valence-corrected chi connectivity index (χ2v) is 20.3. The Morgan fingerprint density at radius 3 is 1.81 bits per heavy atom. The first-order chi connectivity index (χ1) is 29.2. The quantitative estimate of drug-likeness (QED) is 0.0515. The lowest BCUT2D eigenvalue weighted by Gasteiger charge is -2.18. The van der Waals surface area contributed by atoms with Crippen molar-refractivity contribution in [1.29, 1.82) is 0 Å². The lowest BCUT2D eigenvalue weighted by molar-refractivity contribution is 0.106. The number of hydrogen-bond donors (Lipinski definition) is 8. The fraction of sp³-hybridized carbons (Fsp3) is 0.0606. The fourth-order valence-electron chi connectivity index (χ4n) is 5.50. The highest BCUT2D eigenvalue weighted by atomic mass is 35.5. The number of hydrogen-bond acceptors (Lipinski definition) is 20. The Bertz CT molecular complexity index is 3330. The van der Waals surface area contributed by atoms with Gasteiger partial charge in [-0.2, -0.15) is 53.7 Å². The van der Waals surface area contributed by atoms with Crippen LogP contribution in [0.2, 0.25) is 5.28 Å². The zero-order valence-corrected chi connectivity index (χ0v) is 35.8. The van der Waals surface area contributed by atoms with Gasteiger partial charge in [-0.3, -0.25) is 28.4 Å². The number of allylic oxidation sites excluding steroid dienone is 1. The van der Waals surface area contributed by atoms with E-state index in [4.69, 9.17) is 16.2 Å². The van der Waals surface area contributed by atoms with Crippen molar-refractivity contribution in [3.05, 3.63) is 106 Å². The molecular formula is C33H27ClN8O16S5. The first kappa shape index (κ1) is 46.5. The summed E-state index contributed by atoms with van der Waals surface area (Å²) in [5.41, 5.74) is 0.958. The van der Waals surface area contributed by atoms with Crippen LogP contribution in [-0.4, -0.2) is 99.1 Å². The largest absolute Gasteiger partial charge is 0.397 e. The summed E-state index contributed by atoms with van der Waals surface area (Å²) in [5, 5.41) is 11.6. The minimum absolute atomic E-state index is 0.000104. The van der Waals surface area contributed by atoms with Crippen LogP contribution in [0.15, 0.2) is 110 Å². The summed E-state index contributed by atoms with van der Waals surface area (Å²) in [6.07, 6.45) is 0.908. The van der Waals surface area contributed by atoms with E-state index in [0.717, 1.165) is 42.5 Å². The van der Waals surface area contributed by atoms with Crippen LogP contribution in [0.1, 0.15) is 15.9 Å². The normalized spacial score (nSPS) is 14.1. The van der Waals surface area contributed by atoms with Crippen LogP contribution >= 0.6 is 11.6 Å². The van der Waals surface area contributed by atoms with Gasteiger partial charge in [-0.1, -0.05) is 18.2 Å². The van der Waals surface area contributed by atoms with Crippen LogP contribution in [0, 0.1) is 0 Å². The van der Waals surface area contributed by atoms with Gasteiger partial charge >= 0.3 is 10.4 Å². The molecule has 6 rings (SSSR count). The smallest absolute Gasteiger partial charge is 0.355 e. The molecular weight excluding hydrogens is 960 g/mol. The number of Topliss-reactive ketones (excluding diaryl/α,β-unsaturated/α-hetero) is 1. The van der Waals surface area contributed by atoms with Crippen molar-refractivity contribution in [3.63, 3.8) is 0 Å². The van der Waals surface area contributed by atoms with E-state index >= 15 is 0 Å². The van der Waals surface area contributed by atoms with Gasteiger partial charge in [0, 0.05) is 28.3 Å². The number of nitrogens with one attached hydrogen (secondary N) is 4. The molecule has 0 unspecified atom stereocenters. The summed E-state index contributed by atoms with van der Waals surface area (Å²) in [4.78, 5) is 23.2. The molecule has 24 nitrogen and oxygen atoms in total. The summed E-state index contributed by atoms with van der Waals surface area (Å²) in [5.74, 6) is -2.47. The zero-order chi connectivity index (χ0) is 46.1. The van der Waals surface area contributed by atoms with E-state index in [2.05, 4.69) is 45.6 Å². The molecule has 0 saturated heterocycles. The Morgan fingerprint density at radius 1 is 0.635 bits per heavy atom. The Morgan fingerprint density at radius 2 is 1.21 bits per heavy atom. The van der Waals surface area contributed by atoms with Gasteiger partial charge in [-0.25, -0.2) is 12.6 Å².